The van der Waals surface area contributed by atoms with E-state index in [1.807, 2.05) is 11.9 Å². The van der Waals surface area contributed by atoms with Crippen molar-refractivity contribution >= 4 is 17.7 Å². The van der Waals surface area contributed by atoms with Crippen LogP contribution in [0.4, 0.5) is 10.5 Å². The molecule has 1 aliphatic heterocycles. The predicted molar refractivity (Wildman–Crippen MR) is 126 cm³/mol. The quantitative estimate of drug-likeness (QED) is 0.513. The minimum absolute atomic E-state index is 0.00722. The Morgan fingerprint density at radius 3 is 2.56 bits per heavy atom. The van der Waals surface area contributed by atoms with E-state index in [1.165, 1.54) is 24.3 Å². The van der Waals surface area contributed by atoms with Crippen molar-refractivity contribution in [2.24, 2.45) is 28.6 Å². The first kappa shape index (κ1) is 22.9. The number of ether oxygens (including phenoxy) is 1. The van der Waals surface area contributed by atoms with Crippen LogP contribution in [0.1, 0.15) is 52.4 Å². The standard InChI is InChI=1S/C26H33N3O5/c1-25-14-12-20-18(8-11-22-26(20,2)15-13-23(30)28(22)3)19(25)9-10-21(25)27-24(31)34-17-6-4-16(5-7-17)29(32)33/h4-7,13,15,18-22H,8-12,14H2,1-3H3,(H,27,31)/t18-,19-,20-,21-,22+,25-,26+/m0/s1. The highest BCUT2D eigenvalue weighted by Gasteiger charge is 2.60. The van der Waals surface area contributed by atoms with Crippen LogP contribution in [-0.2, 0) is 4.79 Å². The van der Waals surface area contributed by atoms with Gasteiger partial charge >= 0.3 is 6.09 Å². The fourth-order valence-corrected chi connectivity index (χ4v) is 7.89. The summed E-state index contributed by atoms with van der Waals surface area (Å²) >= 11 is 0. The van der Waals surface area contributed by atoms with Crippen molar-refractivity contribution in [1.82, 2.24) is 10.2 Å². The second kappa shape index (κ2) is 8.10. The highest BCUT2D eigenvalue weighted by atomic mass is 16.6. The summed E-state index contributed by atoms with van der Waals surface area (Å²) in [5, 5.41) is 13.9. The van der Waals surface area contributed by atoms with E-state index in [9.17, 15) is 19.7 Å². The molecule has 1 heterocycles. The molecule has 4 aliphatic rings. The van der Waals surface area contributed by atoms with E-state index in [2.05, 4.69) is 25.2 Å². The van der Waals surface area contributed by atoms with Crippen LogP contribution in [0.3, 0.4) is 0 Å². The van der Waals surface area contributed by atoms with Gasteiger partial charge in [-0.05, 0) is 79.9 Å². The summed E-state index contributed by atoms with van der Waals surface area (Å²) in [5.41, 5.74) is -0.0193. The molecule has 0 unspecified atom stereocenters. The third kappa shape index (κ3) is 3.49. The highest BCUT2D eigenvalue weighted by molar-refractivity contribution is 5.89. The van der Waals surface area contributed by atoms with E-state index in [4.69, 9.17) is 4.74 Å². The number of hydrogen-bond donors (Lipinski definition) is 1. The Bertz CT molecular complexity index is 1040. The van der Waals surface area contributed by atoms with Gasteiger partial charge in [-0.15, -0.1) is 0 Å². The molecular weight excluding hydrogens is 434 g/mol. The number of carbonyl (C=O) groups is 2. The minimum atomic E-state index is -0.506. The summed E-state index contributed by atoms with van der Waals surface area (Å²) in [6.07, 6.45) is 9.73. The van der Waals surface area contributed by atoms with Gasteiger partial charge in [0.05, 0.1) is 4.92 Å². The predicted octanol–water partition coefficient (Wildman–Crippen LogP) is 4.69. The third-order valence-corrected chi connectivity index (χ3v) is 9.68. The van der Waals surface area contributed by atoms with Crippen molar-refractivity contribution in [1.29, 1.82) is 0 Å². The topological polar surface area (TPSA) is 102 Å². The zero-order valence-electron chi connectivity index (χ0n) is 20.0. The molecule has 7 atom stereocenters. The number of non-ortho nitro benzene ring substituents is 1. The molecule has 8 heteroatoms. The van der Waals surface area contributed by atoms with Crippen molar-refractivity contribution in [3.05, 3.63) is 46.5 Å². The lowest BCUT2D eigenvalue weighted by molar-refractivity contribution is -0.384. The molecule has 34 heavy (non-hydrogen) atoms. The smallest absolute Gasteiger partial charge is 0.410 e. The summed E-state index contributed by atoms with van der Waals surface area (Å²) < 4.78 is 5.43. The fourth-order valence-electron chi connectivity index (χ4n) is 7.89. The largest absolute Gasteiger partial charge is 0.412 e. The number of nitro groups is 1. The lowest BCUT2D eigenvalue weighted by Gasteiger charge is -2.60. The maximum Gasteiger partial charge on any atom is 0.412 e. The average Bonchev–Trinajstić information content (AvgIpc) is 3.13. The number of likely N-dealkylation sites (N-methyl/N-ethyl adjacent to an activating group) is 1. The van der Waals surface area contributed by atoms with Gasteiger partial charge in [0.15, 0.2) is 0 Å². The Balaban J connectivity index is 1.28. The SMILES string of the molecule is CN1C(=O)C=C[C@]2(C)[C@H]3CC[C@]4(C)[C@@H](NC(=O)Oc5ccc([N+](=O)[O-])cc5)CC[C@H]4[C@@H]3CC[C@@H]12. The van der Waals surface area contributed by atoms with Crippen LogP contribution >= 0.6 is 0 Å². The molecule has 0 radical (unpaired) electrons. The molecule has 3 fully saturated rings. The molecule has 182 valence electrons. The lowest BCUT2D eigenvalue weighted by Crippen LogP contribution is -2.60. The number of fused-ring (bicyclic) bond motifs is 5. The Hall–Kier alpha value is -2.90. The maximum atomic E-state index is 12.7. The van der Waals surface area contributed by atoms with Crippen molar-refractivity contribution < 1.29 is 19.2 Å². The summed E-state index contributed by atoms with van der Waals surface area (Å²) in [6, 6.07) is 5.86. The van der Waals surface area contributed by atoms with Gasteiger partial charge in [-0.1, -0.05) is 19.9 Å². The molecule has 0 bridgehead atoms. The van der Waals surface area contributed by atoms with Crippen LogP contribution in [-0.4, -0.2) is 41.0 Å². The Kier molecular flexibility index (Phi) is 5.45. The molecule has 0 aromatic heterocycles. The van der Waals surface area contributed by atoms with Crippen molar-refractivity contribution in [3.63, 3.8) is 0 Å². The van der Waals surface area contributed by atoms with E-state index in [0.717, 1.165) is 38.5 Å². The Morgan fingerprint density at radius 1 is 1.12 bits per heavy atom. The number of nitrogens with zero attached hydrogens (tertiary/aromatic N) is 2. The lowest BCUT2D eigenvalue weighted by atomic mass is 9.48. The van der Waals surface area contributed by atoms with Crippen LogP contribution in [0.2, 0.25) is 0 Å². The number of amides is 2. The zero-order chi connectivity index (χ0) is 24.3. The minimum Gasteiger partial charge on any atom is -0.410 e. The molecule has 1 aromatic rings. The van der Waals surface area contributed by atoms with E-state index in [0.29, 0.717) is 23.5 Å². The number of carbonyl (C=O) groups excluding carboxylic acids is 2. The Labute approximate surface area is 199 Å². The maximum absolute atomic E-state index is 12.7. The van der Waals surface area contributed by atoms with Crippen molar-refractivity contribution in [2.75, 3.05) is 7.05 Å². The molecule has 5 rings (SSSR count). The van der Waals surface area contributed by atoms with E-state index in [1.54, 1.807) is 6.08 Å². The van der Waals surface area contributed by atoms with Gasteiger partial charge in [-0.25, -0.2) is 4.79 Å². The summed E-state index contributed by atoms with van der Waals surface area (Å²) in [6.45, 7) is 4.65. The monoisotopic (exact) mass is 467 g/mol. The normalized spacial score (nSPS) is 38.5. The van der Waals surface area contributed by atoms with Crippen LogP contribution in [0.15, 0.2) is 36.4 Å². The van der Waals surface area contributed by atoms with Crippen molar-refractivity contribution in [2.45, 2.75) is 64.5 Å². The van der Waals surface area contributed by atoms with Crippen LogP contribution in [0.25, 0.3) is 0 Å². The molecule has 8 nitrogen and oxygen atoms in total. The molecule has 1 aromatic carbocycles. The van der Waals surface area contributed by atoms with Crippen LogP contribution in [0, 0.1) is 38.7 Å². The molecule has 3 aliphatic carbocycles. The molecule has 2 amide bonds. The van der Waals surface area contributed by atoms with Gasteiger partial charge < -0.3 is 15.0 Å². The van der Waals surface area contributed by atoms with Gasteiger partial charge in [0.2, 0.25) is 5.91 Å². The first-order valence-electron chi connectivity index (χ1n) is 12.3. The molecular formula is C26H33N3O5. The molecule has 0 saturated heterocycles. The average molecular weight is 468 g/mol. The summed E-state index contributed by atoms with van der Waals surface area (Å²) in [4.78, 5) is 37.2. The third-order valence-electron chi connectivity index (χ3n) is 9.68. The zero-order valence-corrected chi connectivity index (χ0v) is 20.0. The van der Waals surface area contributed by atoms with E-state index in [-0.39, 0.29) is 34.5 Å². The van der Waals surface area contributed by atoms with Gasteiger partial charge in [0.25, 0.3) is 5.69 Å². The fraction of sp³-hybridized carbons (Fsp3) is 0.615. The van der Waals surface area contributed by atoms with E-state index < -0.39 is 11.0 Å². The summed E-state index contributed by atoms with van der Waals surface area (Å²) in [5.74, 6) is 2.06. The highest BCUT2D eigenvalue weighted by Crippen LogP contribution is 2.63. The second-order valence-electron chi connectivity index (χ2n) is 11.1. The van der Waals surface area contributed by atoms with Gasteiger partial charge in [-0.3, -0.25) is 14.9 Å². The first-order valence-corrected chi connectivity index (χ1v) is 12.3. The first-order chi connectivity index (χ1) is 16.1. The number of nitrogens with one attached hydrogen (secondary N) is 1. The molecule has 0 spiro atoms. The van der Waals surface area contributed by atoms with Crippen LogP contribution in [0.5, 0.6) is 5.75 Å². The van der Waals surface area contributed by atoms with E-state index >= 15 is 0 Å². The number of nitro benzene ring substituents is 1. The Morgan fingerprint density at radius 2 is 1.85 bits per heavy atom. The molecule has 3 saturated carbocycles. The number of benzene rings is 1. The van der Waals surface area contributed by atoms with Gasteiger partial charge in [0, 0.05) is 36.7 Å². The number of rotatable bonds is 3. The second-order valence-corrected chi connectivity index (χ2v) is 11.1. The molecule has 1 N–H and O–H groups in total. The van der Waals surface area contributed by atoms with Crippen molar-refractivity contribution in [3.8, 4) is 5.75 Å². The summed E-state index contributed by atoms with van der Waals surface area (Å²) in [7, 11) is 1.94. The van der Waals surface area contributed by atoms with Gasteiger partial charge in [-0.2, -0.15) is 0 Å². The van der Waals surface area contributed by atoms with Gasteiger partial charge in [0.1, 0.15) is 5.75 Å². The van der Waals surface area contributed by atoms with Crippen LogP contribution < -0.4 is 10.1 Å². The number of hydrogen-bond acceptors (Lipinski definition) is 5.